The van der Waals surface area contributed by atoms with Crippen molar-refractivity contribution < 1.29 is 9.72 Å². The predicted molar refractivity (Wildman–Crippen MR) is 188 cm³/mol. The molecule has 9 heteroatoms. The second-order valence-corrected chi connectivity index (χ2v) is 13.1. The molecule has 0 spiro atoms. The van der Waals surface area contributed by atoms with Gasteiger partial charge in [-0.2, -0.15) is 0 Å². The second kappa shape index (κ2) is 15.7. The number of carbonyl (C=O) groups is 1. The predicted octanol–water partition coefficient (Wildman–Crippen LogP) is 6.48. The van der Waals surface area contributed by atoms with Gasteiger partial charge in [0.25, 0.3) is 5.69 Å². The number of rotatable bonds is 12. The van der Waals surface area contributed by atoms with Crippen LogP contribution in [0.4, 0.5) is 11.4 Å². The SMILES string of the molecule is O=C(N[C@@H](Cc1ccccc1)CP(c1ccccc1)c1ccccc1)[C@@H](NC(=S)Nc1ccc([N+](=O)[O-])cc1)c1ccccc1. The van der Waals surface area contributed by atoms with Crippen molar-refractivity contribution in [2.24, 2.45) is 0 Å². The molecule has 0 saturated carbocycles. The smallest absolute Gasteiger partial charge is 0.269 e. The number of nitro benzene ring substituents is 1. The molecule has 3 N–H and O–H groups in total. The Bertz CT molecular complexity index is 1650. The zero-order valence-electron chi connectivity index (χ0n) is 24.5. The van der Waals surface area contributed by atoms with Gasteiger partial charge in [-0.15, -0.1) is 0 Å². The summed E-state index contributed by atoms with van der Waals surface area (Å²) in [6.07, 6.45) is 1.41. The van der Waals surface area contributed by atoms with E-state index in [2.05, 4.69) is 76.6 Å². The summed E-state index contributed by atoms with van der Waals surface area (Å²) in [5.41, 5.74) is 2.45. The second-order valence-electron chi connectivity index (χ2n) is 10.4. The summed E-state index contributed by atoms with van der Waals surface area (Å²) in [6.45, 7) is 0. The Morgan fingerprint density at radius 1 is 0.711 bits per heavy atom. The summed E-state index contributed by atoms with van der Waals surface area (Å²) in [7, 11) is -0.769. The molecule has 5 aromatic carbocycles. The molecule has 5 aromatic rings. The lowest BCUT2D eigenvalue weighted by Gasteiger charge is -2.28. The van der Waals surface area contributed by atoms with Crippen LogP contribution in [0.1, 0.15) is 17.2 Å². The van der Waals surface area contributed by atoms with E-state index in [1.165, 1.54) is 22.7 Å². The Hall–Kier alpha value is -4.91. The van der Waals surface area contributed by atoms with Gasteiger partial charge in [0.1, 0.15) is 6.04 Å². The third-order valence-corrected chi connectivity index (χ3v) is 10.1. The maximum Gasteiger partial charge on any atom is 0.269 e. The van der Waals surface area contributed by atoms with Crippen molar-refractivity contribution >= 4 is 53.1 Å². The summed E-state index contributed by atoms with van der Waals surface area (Å²) < 4.78 is 0. The van der Waals surface area contributed by atoms with Gasteiger partial charge in [-0.3, -0.25) is 14.9 Å². The minimum atomic E-state index is -0.776. The molecule has 0 aliphatic heterocycles. The van der Waals surface area contributed by atoms with E-state index in [0.717, 1.165) is 17.3 Å². The Morgan fingerprint density at radius 3 is 1.76 bits per heavy atom. The van der Waals surface area contributed by atoms with E-state index in [1.807, 2.05) is 60.7 Å². The number of nitrogens with one attached hydrogen (secondary N) is 3. The first-order chi connectivity index (χ1) is 22.0. The van der Waals surface area contributed by atoms with Gasteiger partial charge in [-0.05, 0) is 66.6 Å². The number of nitro groups is 1. The Balaban J connectivity index is 1.40. The topological polar surface area (TPSA) is 96.3 Å². The van der Waals surface area contributed by atoms with Crippen LogP contribution in [0.2, 0.25) is 0 Å². The van der Waals surface area contributed by atoms with Gasteiger partial charge in [-0.1, -0.05) is 121 Å². The van der Waals surface area contributed by atoms with Crippen LogP contribution in [0.15, 0.2) is 146 Å². The Kier molecular flexibility index (Phi) is 11.0. The van der Waals surface area contributed by atoms with E-state index in [1.54, 1.807) is 12.1 Å². The highest BCUT2D eigenvalue weighted by Gasteiger charge is 2.27. The largest absolute Gasteiger partial charge is 0.351 e. The number of non-ortho nitro benzene ring substituents is 1. The molecule has 0 radical (unpaired) electrons. The van der Waals surface area contributed by atoms with E-state index in [9.17, 15) is 14.9 Å². The normalized spacial score (nSPS) is 12.1. The van der Waals surface area contributed by atoms with Gasteiger partial charge in [-0.25, -0.2) is 0 Å². The average Bonchev–Trinajstić information content (AvgIpc) is 3.08. The molecule has 0 saturated heterocycles. The van der Waals surface area contributed by atoms with Crippen LogP contribution in [0.25, 0.3) is 0 Å². The first kappa shape index (κ1) is 31.5. The molecular formula is C36H33N4O3PS. The van der Waals surface area contributed by atoms with Crippen LogP contribution in [-0.2, 0) is 11.2 Å². The molecule has 0 fully saturated rings. The van der Waals surface area contributed by atoms with Crippen molar-refractivity contribution in [3.8, 4) is 0 Å². The Morgan fingerprint density at radius 2 is 1.22 bits per heavy atom. The van der Waals surface area contributed by atoms with Crippen molar-refractivity contribution in [3.05, 3.63) is 167 Å². The summed E-state index contributed by atoms with van der Waals surface area (Å²) in [4.78, 5) is 24.8. The minimum absolute atomic E-state index is 0.0172. The number of hydrogen-bond donors (Lipinski definition) is 3. The van der Waals surface area contributed by atoms with Crippen LogP contribution in [0.3, 0.4) is 0 Å². The van der Waals surface area contributed by atoms with Crippen molar-refractivity contribution in [1.82, 2.24) is 10.6 Å². The minimum Gasteiger partial charge on any atom is -0.351 e. The molecule has 0 heterocycles. The number of benzene rings is 5. The summed E-state index contributed by atoms with van der Waals surface area (Å²) in [6, 6.07) is 45.6. The van der Waals surface area contributed by atoms with E-state index in [4.69, 9.17) is 12.2 Å². The van der Waals surface area contributed by atoms with Gasteiger partial charge in [0.2, 0.25) is 5.91 Å². The third kappa shape index (κ3) is 9.05. The van der Waals surface area contributed by atoms with E-state index in [-0.39, 0.29) is 22.7 Å². The van der Waals surface area contributed by atoms with E-state index >= 15 is 0 Å². The maximum atomic E-state index is 14.2. The zero-order valence-corrected chi connectivity index (χ0v) is 26.2. The fourth-order valence-corrected chi connectivity index (χ4v) is 7.73. The number of nitrogens with zero attached hydrogens (tertiary/aromatic N) is 1. The van der Waals surface area contributed by atoms with Gasteiger partial charge in [0.15, 0.2) is 5.11 Å². The molecule has 0 aliphatic rings. The number of carbonyl (C=O) groups excluding carboxylic acids is 1. The number of hydrogen-bond acceptors (Lipinski definition) is 4. The van der Waals surface area contributed by atoms with Crippen LogP contribution in [0, 0.1) is 10.1 Å². The monoisotopic (exact) mass is 632 g/mol. The average molecular weight is 633 g/mol. The maximum absolute atomic E-state index is 14.2. The standard InChI is InChI=1S/C36H33N4O3PS/c41-35(34(28-15-7-2-8-16-28)39-36(45)38-29-21-23-31(24-22-29)40(42)43)37-30(25-27-13-5-1-6-14-27)26-44(32-17-9-3-10-18-32)33-19-11-4-12-20-33/h1-24,30,34H,25-26H2,(H,37,41)(H2,38,39,45)/t30-,34-/m0/s1. The van der Waals surface area contributed by atoms with Crippen LogP contribution in [-0.4, -0.2) is 28.1 Å². The summed E-state index contributed by atoms with van der Waals surface area (Å²) in [5, 5.41) is 23.4. The lowest BCUT2D eigenvalue weighted by molar-refractivity contribution is -0.384. The van der Waals surface area contributed by atoms with Gasteiger partial charge in [0, 0.05) is 23.9 Å². The van der Waals surface area contributed by atoms with Gasteiger partial charge in [0.05, 0.1) is 4.92 Å². The Labute approximate surface area is 269 Å². The number of amides is 1. The molecule has 1 amide bonds. The molecule has 2 atom stereocenters. The zero-order chi connectivity index (χ0) is 31.4. The molecule has 5 rings (SSSR count). The molecular weight excluding hydrogens is 599 g/mol. The highest BCUT2D eigenvalue weighted by atomic mass is 32.1. The van der Waals surface area contributed by atoms with Crippen molar-refractivity contribution in [1.29, 1.82) is 0 Å². The lowest BCUT2D eigenvalue weighted by Crippen LogP contribution is -2.47. The summed E-state index contributed by atoms with van der Waals surface area (Å²) in [5.74, 6) is -0.203. The highest BCUT2D eigenvalue weighted by molar-refractivity contribution is 7.80. The van der Waals surface area contributed by atoms with Crippen LogP contribution in [0.5, 0.6) is 0 Å². The van der Waals surface area contributed by atoms with Crippen LogP contribution >= 0.6 is 20.1 Å². The number of thiocarbonyl (C=S) groups is 1. The quantitative estimate of drug-likeness (QED) is 0.0631. The summed E-state index contributed by atoms with van der Waals surface area (Å²) >= 11 is 5.60. The van der Waals surface area contributed by atoms with Gasteiger partial charge >= 0.3 is 0 Å². The first-order valence-corrected chi connectivity index (χ1v) is 16.5. The third-order valence-electron chi connectivity index (χ3n) is 7.22. The fourth-order valence-electron chi connectivity index (χ4n) is 5.05. The van der Waals surface area contributed by atoms with Crippen LogP contribution < -0.4 is 26.6 Å². The van der Waals surface area contributed by atoms with Gasteiger partial charge < -0.3 is 16.0 Å². The molecule has 0 bridgehead atoms. The molecule has 0 aliphatic carbocycles. The first-order valence-electron chi connectivity index (χ1n) is 14.5. The van der Waals surface area contributed by atoms with E-state index < -0.39 is 18.9 Å². The molecule has 226 valence electrons. The van der Waals surface area contributed by atoms with Crippen molar-refractivity contribution in [2.75, 3.05) is 11.5 Å². The molecule has 7 nitrogen and oxygen atoms in total. The van der Waals surface area contributed by atoms with Crippen molar-refractivity contribution in [2.45, 2.75) is 18.5 Å². The highest BCUT2D eigenvalue weighted by Crippen LogP contribution is 2.35. The molecule has 0 aromatic heterocycles. The van der Waals surface area contributed by atoms with E-state index in [0.29, 0.717) is 12.1 Å². The molecule has 45 heavy (non-hydrogen) atoms. The fraction of sp³-hybridized carbons (Fsp3) is 0.111. The number of anilines is 1. The van der Waals surface area contributed by atoms with Crippen molar-refractivity contribution in [3.63, 3.8) is 0 Å². The molecule has 0 unspecified atom stereocenters. The lowest BCUT2D eigenvalue weighted by atomic mass is 10.0.